The number of hydrogen-bond donors (Lipinski definition) is 0. The second kappa shape index (κ2) is 6.40. The maximum Gasteiger partial charge on any atom is 0.159 e. The van der Waals surface area contributed by atoms with Gasteiger partial charge < -0.3 is 0 Å². The third kappa shape index (κ3) is 3.15. The Labute approximate surface area is 131 Å². The van der Waals surface area contributed by atoms with Crippen LogP contribution in [0, 0.1) is 0 Å². The summed E-state index contributed by atoms with van der Waals surface area (Å²) in [5.41, 5.74) is 5.72. The molecule has 0 bridgehead atoms. The number of hydrogen-bond acceptors (Lipinski definition) is 1. The van der Waals surface area contributed by atoms with E-state index < -0.39 is 0 Å². The Morgan fingerprint density at radius 1 is 0.773 bits per heavy atom. The lowest BCUT2D eigenvalue weighted by Gasteiger charge is -2.10. The largest absolute Gasteiger partial charge is 0.295 e. The number of rotatable bonds is 4. The number of benzene rings is 3. The third-order valence-electron chi connectivity index (χ3n) is 3.86. The van der Waals surface area contributed by atoms with E-state index in [1.165, 1.54) is 16.7 Å². The molecule has 0 N–H and O–H groups in total. The van der Waals surface area contributed by atoms with Gasteiger partial charge in [0.25, 0.3) is 0 Å². The molecule has 0 saturated heterocycles. The van der Waals surface area contributed by atoms with E-state index in [9.17, 15) is 4.79 Å². The van der Waals surface area contributed by atoms with Gasteiger partial charge in [-0.25, -0.2) is 0 Å². The SMILES string of the molecule is CC(=O)c1ccc(-c2ccccc2Cc2ccccc2)cc1. The van der Waals surface area contributed by atoms with Crippen LogP contribution in [0.5, 0.6) is 0 Å². The quantitative estimate of drug-likeness (QED) is 0.606. The van der Waals surface area contributed by atoms with Crippen molar-refractivity contribution in [3.8, 4) is 11.1 Å². The molecule has 108 valence electrons. The van der Waals surface area contributed by atoms with E-state index in [1.807, 2.05) is 30.3 Å². The van der Waals surface area contributed by atoms with E-state index in [0.717, 1.165) is 17.5 Å². The summed E-state index contributed by atoms with van der Waals surface area (Å²) in [6.45, 7) is 1.60. The van der Waals surface area contributed by atoms with E-state index in [1.54, 1.807) is 6.92 Å². The Hall–Kier alpha value is -2.67. The Balaban J connectivity index is 1.95. The molecule has 22 heavy (non-hydrogen) atoms. The van der Waals surface area contributed by atoms with Gasteiger partial charge in [0, 0.05) is 5.56 Å². The second-order valence-corrected chi connectivity index (χ2v) is 5.45. The molecular weight excluding hydrogens is 268 g/mol. The van der Waals surface area contributed by atoms with Crippen molar-refractivity contribution < 1.29 is 4.79 Å². The first-order valence-electron chi connectivity index (χ1n) is 7.47. The molecule has 0 aliphatic carbocycles. The zero-order valence-electron chi connectivity index (χ0n) is 12.6. The zero-order chi connectivity index (χ0) is 15.4. The van der Waals surface area contributed by atoms with Gasteiger partial charge in [-0.1, -0.05) is 78.9 Å². The van der Waals surface area contributed by atoms with Crippen molar-refractivity contribution >= 4 is 5.78 Å². The number of Topliss-reactive ketones (excluding diaryl/α,β-unsaturated/α-hetero) is 1. The zero-order valence-corrected chi connectivity index (χ0v) is 12.6. The van der Waals surface area contributed by atoms with Gasteiger partial charge in [0.2, 0.25) is 0 Å². The van der Waals surface area contributed by atoms with Crippen molar-refractivity contribution in [3.05, 3.63) is 95.6 Å². The topological polar surface area (TPSA) is 17.1 Å². The molecule has 3 rings (SSSR count). The van der Waals surface area contributed by atoms with Crippen LogP contribution in [0.3, 0.4) is 0 Å². The standard InChI is InChI=1S/C21H18O/c1-16(22)18-11-13-19(14-12-18)21-10-6-5-9-20(21)15-17-7-3-2-4-8-17/h2-14H,15H2,1H3. The molecule has 0 amide bonds. The predicted molar refractivity (Wildman–Crippen MR) is 91.1 cm³/mol. The Morgan fingerprint density at radius 2 is 1.41 bits per heavy atom. The highest BCUT2D eigenvalue weighted by Crippen LogP contribution is 2.26. The average molecular weight is 286 g/mol. The molecule has 0 aliphatic heterocycles. The molecule has 1 nitrogen and oxygen atoms in total. The van der Waals surface area contributed by atoms with Gasteiger partial charge in [-0.3, -0.25) is 4.79 Å². The number of carbonyl (C=O) groups is 1. The van der Waals surface area contributed by atoms with E-state index >= 15 is 0 Å². The van der Waals surface area contributed by atoms with Gasteiger partial charge in [-0.2, -0.15) is 0 Å². The van der Waals surface area contributed by atoms with Gasteiger partial charge in [0.05, 0.1) is 0 Å². The van der Waals surface area contributed by atoms with Crippen molar-refractivity contribution in [1.29, 1.82) is 0 Å². The summed E-state index contributed by atoms with van der Waals surface area (Å²) in [5.74, 6) is 0.101. The monoisotopic (exact) mass is 286 g/mol. The number of carbonyl (C=O) groups excluding carboxylic acids is 1. The average Bonchev–Trinajstić information content (AvgIpc) is 2.56. The summed E-state index contributed by atoms with van der Waals surface area (Å²) in [6.07, 6.45) is 0.908. The van der Waals surface area contributed by atoms with Gasteiger partial charge >= 0.3 is 0 Å². The fourth-order valence-electron chi connectivity index (χ4n) is 2.66. The van der Waals surface area contributed by atoms with Crippen LogP contribution in [-0.4, -0.2) is 5.78 Å². The second-order valence-electron chi connectivity index (χ2n) is 5.45. The van der Waals surface area contributed by atoms with Crippen LogP contribution in [0.15, 0.2) is 78.9 Å². The molecule has 3 aromatic carbocycles. The van der Waals surface area contributed by atoms with Crippen LogP contribution in [0.1, 0.15) is 28.4 Å². The van der Waals surface area contributed by atoms with Gasteiger partial charge in [0.1, 0.15) is 0 Å². The third-order valence-corrected chi connectivity index (χ3v) is 3.86. The molecule has 0 aromatic heterocycles. The summed E-state index contributed by atoms with van der Waals surface area (Å²) in [6, 6.07) is 26.8. The molecule has 1 heteroatoms. The Kier molecular flexibility index (Phi) is 4.15. The normalized spacial score (nSPS) is 10.4. The van der Waals surface area contributed by atoms with Crippen molar-refractivity contribution in [2.45, 2.75) is 13.3 Å². The van der Waals surface area contributed by atoms with Crippen molar-refractivity contribution in [3.63, 3.8) is 0 Å². The van der Waals surface area contributed by atoms with Crippen LogP contribution in [0.4, 0.5) is 0 Å². The minimum absolute atomic E-state index is 0.101. The van der Waals surface area contributed by atoms with Crippen molar-refractivity contribution in [1.82, 2.24) is 0 Å². The molecular formula is C21H18O. The lowest BCUT2D eigenvalue weighted by Crippen LogP contribution is -1.94. The van der Waals surface area contributed by atoms with E-state index in [4.69, 9.17) is 0 Å². The summed E-state index contributed by atoms with van der Waals surface area (Å²) in [7, 11) is 0. The van der Waals surface area contributed by atoms with E-state index in [0.29, 0.717) is 0 Å². The Bertz CT molecular complexity index is 771. The molecule has 0 radical (unpaired) electrons. The molecule has 0 fully saturated rings. The molecule has 0 aliphatic rings. The maximum absolute atomic E-state index is 11.4. The van der Waals surface area contributed by atoms with Crippen molar-refractivity contribution in [2.75, 3.05) is 0 Å². The molecule has 0 saturated carbocycles. The first-order chi connectivity index (χ1) is 10.7. The highest BCUT2D eigenvalue weighted by atomic mass is 16.1. The fourth-order valence-corrected chi connectivity index (χ4v) is 2.66. The van der Waals surface area contributed by atoms with Gasteiger partial charge in [-0.05, 0) is 35.6 Å². The lowest BCUT2D eigenvalue weighted by atomic mass is 9.94. The molecule has 0 spiro atoms. The first-order valence-corrected chi connectivity index (χ1v) is 7.47. The van der Waals surface area contributed by atoms with Crippen LogP contribution in [0.25, 0.3) is 11.1 Å². The fraction of sp³-hybridized carbons (Fsp3) is 0.0952. The number of ketones is 1. The summed E-state index contributed by atoms with van der Waals surface area (Å²) >= 11 is 0. The lowest BCUT2D eigenvalue weighted by molar-refractivity contribution is 0.101. The highest BCUT2D eigenvalue weighted by Gasteiger charge is 2.06. The molecule has 3 aromatic rings. The van der Waals surface area contributed by atoms with E-state index in [2.05, 4.69) is 48.5 Å². The minimum atomic E-state index is 0.101. The van der Waals surface area contributed by atoms with Crippen molar-refractivity contribution in [2.24, 2.45) is 0 Å². The minimum Gasteiger partial charge on any atom is -0.295 e. The Morgan fingerprint density at radius 3 is 2.09 bits per heavy atom. The predicted octanol–water partition coefficient (Wildman–Crippen LogP) is 5.15. The summed E-state index contributed by atoms with van der Waals surface area (Å²) in [4.78, 5) is 11.4. The van der Waals surface area contributed by atoms with Gasteiger partial charge in [0.15, 0.2) is 5.78 Å². The highest BCUT2D eigenvalue weighted by molar-refractivity contribution is 5.94. The van der Waals surface area contributed by atoms with Crippen LogP contribution in [-0.2, 0) is 6.42 Å². The molecule has 0 heterocycles. The van der Waals surface area contributed by atoms with Crippen LogP contribution >= 0.6 is 0 Å². The van der Waals surface area contributed by atoms with Gasteiger partial charge in [-0.15, -0.1) is 0 Å². The molecule has 0 atom stereocenters. The summed E-state index contributed by atoms with van der Waals surface area (Å²) in [5, 5.41) is 0. The van der Waals surface area contributed by atoms with Crippen LogP contribution < -0.4 is 0 Å². The van der Waals surface area contributed by atoms with Crippen LogP contribution in [0.2, 0.25) is 0 Å². The smallest absolute Gasteiger partial charge is 0.159 e. The molecule has 0 unspecified atom stereocenters. The maximum atomic E-state index is 11.4. The van der Waals surface area contributed by atoms with E-state index in [-0.39, 0.29) is 5.78 Å². The first kappa shape index (κ1) is 14.3. The summed E-state index contributed by atoms with van der Waals surface area (Å²) < 4.78 is 0.